The summed E-state index contributed by atoms with van der Waals surface area (Å²) in [5, 5.41) is 9.70. The lowest BCUT2D eigenvalue weighted by atomic mass is 10.00. The van der Waals surface area contributed by atoms with E-state index in [0.29, 0.717) is 18.8 Å². The molecule has 1 heterocycles. The highest BCUT2D eigenvalue weighted by Crippen LogP contribution is 2.37. The number of ether oxygens (including phenoxy) is 1. The molecule has 0 unspecified atom stereocenters. The zero-order chi connectivity index (χ0) is 22.1. The highest BCUT2D eigenvalue weighted by molar-refractivity contribution is 7.89. The zero-order valence-corrected chi connectivity index (χ0v) is 19.2. The van der Waals surface area contributed by atoms with E-state index >= 15 is 0 Å². The van der Waals surface area contributed by atoms with Gasteiger partial charge in [0.15, 0.2) is 0 Å². The van der Waals surface area contributed by atoms with E-state index in [-0.39, 0.29) is 23.5 Å². The first kappa shape index (κ1) is 22.7. The molecule has 7 heteroatoms. The number of likely N-dealkylation sites (N-methyl/N-ethyl adjacent to an activating group) is 1. The number of hydrogen-bond donors (Lipinski definition) is 1. The maximum atomic E-state index is 13.5. The standard InChI is InChI=1S/C23H32N2O4S/c1-16-8-6-7-9-20(16)19-10-11-23-21(12-19)29-22(14-24(4)5)17(2)13-25(18(3)15-26)30(23,27)28/h6-12,17-18,22,26H,13-15H2,1-5H3/t17-,18+,22+/m0/s1. The Morgan fingerprint density at radius 1 is 1.23 bits per heavy atom. The average Bonchev–Trinajstić information content (AvgIpc) is 2.69. The van der Waals surface area contributed by atoms with Crippen LogP contribution in [0, 0.1) is 12.8 Å². The molecule has 0 aromatic heterocycles. The van der Waals surface area contributed by atoms with Crippen molar-refractivity contribution < 1.29 is 18.3 Å². The Bertz CT molecular complexity index is 990. The quantitative estimate of drug-likeness (QED) is 0.787. The van der Waals surface area contributed by atoms with Gasteiger partial charge in [-0.05, 0) is 56.8 Å². The van der Waals surface area contributed by atoms with E-state index in [1.807, 2.05) is 69.2 Å². The Hall–Kier alpha value is -1.93. The van der Waals surface area contributed by atoms with Crippen LogP contribution in [0.15, 0.2) is 47.4 Å². The lowest BCUT2D eigenvalue weighted by Crippen LogP contribution is -2.49. The van der Waals surface area contributed by atoms with E-state index in [1.54, 1.807) is 13.0 Å². The lowest BCUT2D eigenvalue weighted by molar-refractivity contribution is 0.0813. The topological polar surface area (TPSA) is 70.1 Å². The molecule has 1 N–H and O–H groups in total. The van der Waals surface area contributed by atoms with Gasteiger partial charge in [-0.1, -0.05) is 37.3 Å². The van der Waals surface area contributed by atoms with Crippen LogP contribution in [0.5, 0.6) is 5.75 Å². The number of fused-ring (bicyclic) bond motifs is 1. The molecule has 0 spiro atoms. The summed E-state index contributed by atoms with van der Waals surface area (Å²) >= 11 is 0. The van der Waals surface area contributed by atoms with Crippen LogP contribution in [0.4, 0.5) is 0 Å². The van der Waals surface area contributed by atoms with E-state index in [1.165, 1.54) is 4.31 Å². The van der Waals surface area contributed by atoms with Gasteiger partial charge < -0.3 is 14.7 Å². The van der Waals surface area contributed by atoms with Gasteiger partial charge in [0.1, 0.15) is 16.7 Å². The maximum absolute atomic E-state index is 13.5. The Morgan fingerprint density at radius 3 is 2.57 bits per heavy atom. The first-order valence-electron chi connectivity index (χ1n) is 10.3. The van der Waals surface area contributed by atoms with Crippen molar-refractivity contribution in [1.29, 1.82) is 0 Å². The van der Waals surface area contributed by atoms with Crippen LogP contribution in [0.1, 0.15) is 19.4 Å². The summed E-state index contributed by atoms with van der Waals surface area (Å²) in [4.78, 5) is 2.19. The van der Waals surface area contributed by atoms with Gasteiger partial charge in [-0.3, -0.25) is 0 Å². The van der Waals surface area contributed by atoms with Crippen molar-refractivity contribution in [1.82, 2.24) is 9.21 Å². The molecule has 3 atom stereocenters. The number of aryl methyl sites for hydroxylation is 1. The molecule has 3 rings (SSSR count). The third-order valence-corrected chi connectivity index (χ3v) is 7.69. The first-order valence-corrected chi connectivity index (χ1v) is 11.7. The third kappa shape index (κ3) is 4.54. The van der Waals surface area contributed by atoms with Crippen LogP contribution in [-0.4, -0.2) is 68.7 Å². The number of sulfonamides is 1. The fraction of sp³-hybridized carbons (Fsp3) is 0.478. The highest BCUT2D eigenvalue weighted by Gasteiger charge is 2.38. The molecule has 2 aromatic rings. The summed E-state index contributed by atoms with van der Waals surface area (Å²) in [6.45, 7) is 6.48. The van der Waals surface area contributed by atoms with E-state index in [9.17, 15) is 13.5 Å². The molecule has 0 aliphatic carbocycles. The molecule has 1 aliphatic rings. The molecule has 1 aliphatic heterocycles. The molecule has 2 aromatic carbocycles. The first-order chi connectivity index (χ1) is 14.1. The minimum absolute atomic E-state index is 0.0496. The van der Waals surface area contributed by atoms with Crippen LogP contribution in [0.25, 0.3) is 11.1 Å². The molecule has 0 radical (unpaired) electrons. The van der Waals surface area contributed by atoms with Crippen LogP contribution >= 0.6 is 0 Å². The fourth-order valence-corrected chi connectivity index (χ4v) is 5.69. The highest BCUT2D eigenvalue weighted by atomic mass is 32.2. The van der Waals surface area contributed by atoms with Crippen LogP contribution in [-0.2, 0) is 10.0 Å². The molecule has 164 valence electrons. The van der Waals surface area contributed by atoms with E-state index in [2.05, 4.69) is 0 Å². The normalized spacial score (nSPS) is 22.6. The monoisotopic (exact) mass is 432 g/mol. The second kappa shape index (κ2) is 9.06. The largest absolute Gasteiger partial charge is 0.487 e. The average molecular weight is 433 g/mol. The Labute approximate surface area is 180 Å². The van der Waals surface area contributed by atoms with Crippen LogP contribution in [0.3, 0.4) is 0 Å². The van der Waals surface area contributed by atoms with Gasteiger partial charge in [-0.15, -0.1) is 0 Å². The smallest absolute Gasteiger partial charge is 0.247 e. The predicted molar refractivity (Wildman–Crippen MR) is 119 cm³/mol. The van der Waals surface area contributed by atoms with Crippen molar-refractivity contribution in [3.05, 3.63) is 48.0 Å². The minimum Gasteiger partial charge on any atom is -0.487 e. The van der Waals surface area contributed by atoms with Crippen molar-refractivity contribution in [2.75, 3.05) is 33.8 Å². The summed E-state index contributed by atoms with van der Waals surface area (Å²) in [5.41, 5.74) is 3.07. The molecule has 30 heavy (non-hydrogen) atoms. The number of aliphatic hydroxyl groups excluding tert-OH is 1. The van der Waals surface area contributed by atoms with Crippen molar-refractivity contribution >= 4 is 10.0 Å². The van der Waals surface area contributed by atoms with Gasteiger partial charge in [0.05, 0.1) is 6.61 Å². The summed E-state index contributed by atoms with van der Waals surface area (Å²) in [6, 6.07) is 12.8. The van der Waals surface area contributed by atoms with Crippen LogP contribution in [0.2, 0.25) is 0 Å². The van der Waals surface area contributed by atoms with Gasteiger partial charge >= 0.3 is 0 Å². The Balaban J connectivity index is 2.17. The number of benzene rings is 2. The van der Waals surface area contributed by atoms with Crippen molar-refractivity contribution in [3.63, 3.8) is 0 Å². The summed E-state index contributed by atoms with van der Waals surface area (Å²) in [5.74, 6) is 0.315. The molecule has 6 nitrogen and oxygen atoms in total. The minimum atomic E-state index is -3.81. The zero-order valence-electron chi connectivity index (χ0n) is 18.4. The van der Waals surface area contributed by atoms with Crippen molar-refractivity contribution in [2.24, 2.45) is 5.92 Å². The molecular formula is C23H32N2O4S. The molecule has 0 saturated heterocycles. The van der Waals surface area contributed by atoms with Crippen molar-refractivity contribution in [3.8, 4) is 16.9 Å². The van der Waals surface area contributed by atoms with E-state index < -0.39 is 16.1 Å². The number of rotatable bonds is 5. The van der Waals surface area contributed by atoms with Gasteiger partial charge in [-0.25, -0.2) is 8.42 Å². The maximum Gasteiger partial charge on any atom is 0.247 e. The number of hydrogen-bond acceptors (Lipinski definition) is 5. The summed E-state index contributed by atoms with van der Waals surface area (Å²) in [7, 11) is 0.140. The SMILES string of the molecule is Cc1ccccc1-c1ccc2c(c1)O[C@H](CN(C)C)[C@@H](C)CN([C@H](C)CO)S2(=O)=O. The molecule has 0 fully saturated rings. The molecular weight excluding hydrogens is 400 g/mol. The van der Waals surface area contributed by atoms with Gasteiger partial charge in [0.2, 0.25) is 10.0 Å². The van der Waals surface area contributed by atoms with Gasteiger partial charge in [-0.2, -0.15) is 4.31 Å². The van der Waals surface area contributed by atoms with Gasteiger partial charge in [0, 0.05) is 25.0 Å². The van der Waals surface area contributed by atoms with Crippen LogP contribution < -0.4 is 4.74 Å². The predicted octanol–water partition coefficient (Wildman–Crippen LogP) is 2.99. The summed E-state index contributed by atoms with van der Waals surface area (Å²) < 4.78 is 34.7. The third-order valence-electron chi connectivity index (χ3n) is 5.67. The molecule has 0 bridgehead atoms. The number of aliphatic hydroxyl groups is 1. The van der Waals surface area contributed by atoms with Crippen molar-refractivity contribution in [2.45, 2.75) is 37.8 Å². The van der Waals surface area contributed by atoms with Gasteiger partial charge in [0.25, 0.3) is 0 Å². The second-order valence-electron chi connectivity index (χ2n) is 8.48. The second-order valence-corrected chi connectivity index (χ2v) is 10.3. The number of nitrogens with zero attached hydrogens (tertiary/aromatic N) is 2. The summed E-state index contributed by atoms with van der Waals surface area (Å²) in [6.07, 6.45) is -0.185. The molecule has 0 saturated carbocycles. The van der Waals surface area contributed by atoms with E-state index in [4.69, 9.17) is 4.74 Å². The fourth-order valence-electron chi connectivity index (χ4n) is 3.87. The van der Waals surface area contributed by atoms with E-state index in [0.717, 1.165) is 16.7 Å². The Morgan fingerprint density at radius 2 is 1.93 bits per heavy atom. The Kier molecular flexibility index (Phi) is 6.87. The molecule has 0 amide bonds. The lowest BCUT2D eigenvalue weighted by Gasteiger charge is -2.37.